The average Bonchev–Trinajstić information content (AvgIpc) is 3.26. The van der Waals surface area contributed by atoms with E-state index in [0.29, 0.717) is 18.0 Å². The molecule has 0 bridgehead atoms. The number of ether oxygens (including phenoxy) is 1. The van der Waals surface area contributed by atoms with Gasteiger partial charge in [0, 0.05) is 4.47 Å². The Labute approximate surface area is 179 Å². The van der Waals surface area contributed by atoms with Crippen molar-refractivity contribution < 1.29 is 13.2 Å². The molecular formula is C23H20BrNO3S. The van der Waals surface area contributed by atoms with Gasteiger partial charge in [-0.2, -0.15) is 4.31 Å². The maximum Gasteiger partial charge on any atom is 0.243 e. The van der Waals surface area contributed by atoms with E-state index in [1.807, 2.05) is 73.7 Å². The molecule has 148 valence electrons. The van der Waals surface area contributed by atoms with Crippen molar-refractivity contribution in [2.24, 2.45) is 0 Å². The standard InChI is InChI=1S/C23H20BrNO3S/c1-17-7-13-21(14-8-17)29(26,27)25-15-22(18-5-3-2-4-6-18)23(16-25,28-22)19-9-11-20(24)12-10-19/h2-14H,15-16H2,1H3/t22-,23+/m1/s1. The highest BCUT2D eigenvalue weighted by molar-refractivity contribution is 9.10. The zero-order chi connectivity index (χ0) is 20.3. The number of hydrogen-bond donors (Lipinski definition) is 0. The van der Waals surface area contributed by atoms with Crippen LogP contribution in [0.25, 0.3) is 0 Å². The molecule has 0 N–H and O–H groups in total. The maximum atomic E-state index is 13.4. The van der Waals surface area contributed by atoms with E-state index in [-0.39, 0.29) is 0 Å². The first kappa shape index (κ1) is 19.0. The minimum Gasteiger partial charge on any atom is -0.349 e. The third kappa shape index (κ3) is 2.81. The van der Waals surface area contributed by atoms with Crippen LogP contribution in [-0.4, -0.2) is 25.8 Å². The number of hydrogen-bond acceptors (Lipinski definition) is 3. The molecule has 2 fully saturated rings. The van der Waals surface area contributed by atoms with Crippen molar-refractivity contribution in [2.45, 2.75) is 23.0 Å². The predicted molar refractivity (Wildman–Crippen MR) is 115 cm³/mol. The fraction of sp³-hybridized carbons (Fsp3) is 0.217. The van der Waals surface area contributed by atoms with Crippen LogP contribution in [0.1, 0.15) is 16.7 Å². The molecule has 0 aromatic heterocycles. The molecule has 2 heterocycles. The van der Waals surface area contributed by atoms with Crippen molar-refractivity contribution in [3.8, 4) is 0 Å². The van der Waals surface area contributed by atoms with Crippen LogP contribution in [-0.2, 0) is 26.0 Å². The minimum atomic E-state index is -3.61. The Hall–Kier alpha value is -1.99. The fourth-order valence-corrected chi connectivity index (χ4v) is 6.11. The Morgan fingerprint density at radius 3 is 1.97 bits per heavy atom. The van der Waals surface area contributed by atoms with Crippen LogP contribution in [0.5, 0.6) is 0 Å². The molecule has 6 heteroatoms. The molecule has 0 radical (unpaired) electrons. The summed E-state index contributed by atoms with van der Waals surface area (Å²) in [6, 6.07) is 24.9. The summed E-state index contributed by atoms with van der Waals surface area (Å²) in [6.45, 7) is 2.53. The summed E-state index contributed by atoms with van der Waals surface area (Å²) in [7, 11) is -3.61. The van der Waals surface area contributed by atoms with Gasteiger partial charge in [-0.05, 0) is 42.3 Å². The topological polar surface area (TPSA) is 49.9 Å². The number of benzene rings is 3. The third-order valence-corrected chi connectivity index (χ3v) is 8.30. The lowest BCUT2D eigenvalue weighted by Gasteiger charge is -2.21. The Bertz CT molecular complexity index is 1160. The van der Waals surface area contributed by atoms with Crippen LogP contribution in [0.2, 0.25) is 0 Å². The van der Waals surface area contributed by atoms with Gasteiger partial charge in [0.05, 0.1) is 18.0 Å². The van der Waals surface area contributed by atoms with Gasteiger partial charge in [0.1, 0.15) is 11.2 Å². The molecule has 2 aliphatic heterocycles. The first-order chi connectivity index (χ1) is 13.9. The van der Waals surface area contributed by atoms with E-state index in [0.717, 1.165) is 21.2 Å². The van der Waals surface area contributed by atoms with Gasteiger partial charge in [0.15, 0.2) is 0 Å². The van der Waals surface area contributed by atoms with Crippen LogP contribution in [0.3, 0.4) is 0 Å². The molecule has 0 aliphatic carbocycles. The lowest BCUT2D eigenvalue weighted by atomic mass is 9.84. The monoisotopic (exact) mass is 469 g/mol. The quantitative estimate of drug-likeness (QED) is 0.525. The Morgan fingerprint density at radius 2 is 1.38 bits per heavy atom. The highest BCUT2D eigenvalue weighted by Crippen LogP contribution is 2.67. The van der Waals surface area contributed by atoms with Crippen molar-refractivity contribution in [1.82, 2.24) is 4.31 Å². The van der Waals surface area contributed by atoms with Crippen molar-refractivity contribution in [3.63, 3.8) is 0 Å². The lowest BCUT2D eigenvalue weighted by Crippen LogP contribution is -2.34. The van der Waals surface area contributed by atoms with Crippen LogP contribution >= 0.6 is 15.9 Å². The molecule has 0 spiro atoms. The predicted octanol–water partition coefficient (Wildman–Crippen LogP) is 4.58. The highest BCUT2D eigenvalue weighted by Gasteiger charge is 2.77. The Balaban J connectivity index is 1.59. The molecule has 3 aromatic carbocycles. The van der Waals surface area contributed by atoms with Gasteiger partial charge < -0.3 is 4.74 Å². The highest BCUT2D eigenvalue weighted by atomic mass is 79.9. The second-order valence-electron chi connectivity index (χ2n) is 7.72. The summed E-state index contributed by atoms with van der Waals surface area (Å²) in [5.41, 5.74) is 1.69. The molecule has 2 saturated heterocycles. The van der Waals surface area contributed by atoms with Gasteiger partial charge in [0.25, 0.3) is 0 Å². The Kier molecular flexibility index (Phi) is 4.26. The van der Waals surface area contributed by atoms with Gasteiger partial charge >= 0.3 is 0 Å². The summed E-state index contributed by atoms with van der Waals surface area (Å²) in [5.74, 6) is 0. The Morgan fingerprint density at radius 1 is 0.828 bits per heavy atom. The SMILES string of the molecule is Cc1ccc(S(=O)(=O)N2C[C@@]3(c4ccc(Br)cc4)O[C@@]3(c3ccccc3)C2)cc1. The van der Waals surface area contributed by atoms with Crippen molar-refractivity contribution in [2.75, 3.05) is 13.1 Å². The fourth-order valence-electron chi connectivity index (χ4n) is 4.37. The second-order valence-corrected chi connectivity index (χ2v) is 10.6. The molecule has 0 amide bonds. The number of nitrogens with zero attached hydrogens (tertiary/aromatic N) is 1. The first-order valence-corrected chi connectivity index (χ1v) is 11.7. The number of epoxide rings is 1. The van der Waals surface area contributed by atoms with E-state index in [2.05, 4.69) is 15.9 Å². The molecule has 4 nitrogen and oxygen atoms in total. The number of fused-ring (bicyclic) bond motifs is 1. The molecule has 2 atom stereocenters. The maximum absolute atomic E-state index is 13.4. The first-order valence-electron chi connectivity index (χ1n) is 9.46. The van der Waals surface area contributed by atoms with Gasteiger partial charge in [-0.3, -0.25) is 0 Å². The molecular weight excluding hydrogens is 450 g/mol. The van der Waals surface area contributed by atoms with E-state index in [1.165, 1.54) is 0 Å². The van der Waals surface area contributed by atoms with Gasteiger partial charge in [-0.15, -0.1) is 0 Å². The lowest BCUT2D eigenvalue weighted by molar-refractivity contribution is 0.182. The summed E-state index contributed by atoms with van der Waals surface area (Å²) in [6.07, 6.45) is 0. The average molecular weight is 470 g/mol. The number of rotatable bonds is 4. The minimum absolute atomic E-state index is 0.291. The summed E-state index contributed by atoms with van der Waals surface area (Å²) >= 11 is 3.48. The normalized spacial score (nSPS) is 26.3. The summed E-state index contributed by atoms with van der Waals surface area (Å²) in [5, 5.41) is 0. The van der Waals surface area contributed by atoms with E-state index in [4.69, 9.17) is 4.74 Å². The van der Waals surface area contributed by atoms with Crippen LogP contribution < -0.4 is 0 Å². The zero-order valence-electron chi connectivity index (χ0n) is 15.9. The molecule has 0 unspecified atom stereocenters. The van der Waals surface area contributed by atoms with E-state index in [1.54, 1.807) is 16.4 Å². The van der Waals surface area contributed by atoms with Gasteiger partial charge in [-0.25, -0.2) is 8.42 Å². The van der Waals surface area contributed by atoms with Crippen molar-refractivity contribution in [1.29, 1.82) is 0 Å². The molecule has 29 heavy (non-hydrogen) atoms. The van der Waals surface area contributed by atoms with E-state index >= 15 is 0 Å². The van der Waals surface area contributed by atoms with Crippen LogP contribution in [0, 0.1) is 6.92 Å². The van der Waals surface area contributed by atoms with Crippen LogP contribution in [0.4, 0.5) is 0 Å². The number of morpholine rings is 1. The third-order valence-electron chi connectivity index (χ3n) is 5.97. The molecule has 0 saturated carbocycles. The van der Waals surface area contributed by atoms with E-state index < -0.39 is 21.2 Å². The van der Waals surface area contributed by atoms with Gasteiger partial charge in [0.2, 0.25) is 10.0 Å². The molecule has 5 rings (SSSR count). The second kappa shape index (κ2) is 6.51. The molecule has 3 aromatic rings. The van der Waals surface area contributed by atoms with Gasteiger partial charge in [-0.1, -0.05) is 76.1 Å². The number of aryl methyl sites for hydroxylation is 1. The van der Waals surface area contributed by atoms with Crippen LogP contribution in [0.15, 0.2) is 88.2 Å². The van der Waals surface area contributed by atoms with E-state index in [9.17, 15) is 8.42 Å². The zero-order valence-corrected chi connectivity index (χ0v) is 18.3. The molecule has 2 aliphatic rings. The smallest absolute Gasteiger partial charge is 0.243 e. The van der Waals surface area contributed by atoms with Crippen molar-refractivity contribution in [3.05, 3.63) is 100 Å². The summed E-state index contributed by atoms with van der Waals surface area (Å²) < 4.78 is 35.7. The number of halogens is 1. The number of sulfonamides is 1. The largest absolute Gasteiger partial charge is 0.349 e. The summed E-state index contributed by atoms with van der Waals surface area (Å²) in [4.78, 5) is 0.318. The van der Waals surface area contributed by atoms with Crippen molar-refractivity contribution >= 4 is 26.0 Å².